The number of nitrogens with one attached hydrogen (secondary N) is 1. The fourth-order valence-electron chi connectivity index (χ4n) is 5.40. The molecule has 198 valence electrons. The van der Waals surface area contributed by atoms with Crippen molar-refractivity contribution < 1.29 is 4.74 Å². The topological polar surface area (TPSA) is 92.2 Å². The Kier molecular flexibility index (Phi) is 6.81. The van der Waals surface area contributed by atoms with Crippen molar-refractivity contribution in [2.24, 2.45) is 0 Å². The highest BCUT2D eigenvalue weighted by Gasteiger charge is 2.33. The number of ether oxygens (including phenoxy) is 1. The van der Waals surface area contributed by atoms with E-state index >= 15 is 0 Å². The summed E-state index contributed by atoms with van der Waals surface area (Å²) in [5.41, 5.74) is 4.67. The van der Waals surface area contributed by atoms with Crippen LogP contribution >= 0.6 is 0 Å². The van der Waals surface area contributed by atoms with Crippen LogP contribution < -0.4 is 15.2 Å². The van der Waals surface area contributed by atoms with Crippen LogP contribution in [0.1, 0.15) is 28.6 Å². The minimum Gasteiger partial charge on any atom is -0.497 e. The van der Waals surface area contributed by atoms with Gasteiger partial charge >= 0.3 is 0 Å². The van der Waals surface area contributed by atoms with Gasteiger partial charge in [0.2, 0.25) is 0 Å². The number of H-pyrrole nitrogens is 1. The summed E-state index contributed by atoms with van der Waals surface area (Å²) in [6.07, 6.45) is 0. The summed E-state index contributed by atoms with van der Waals surface area (Å²) in [5.74, 6) is 1.44. The number of para-hydroxylation sites is 2. The third-order valence-corrected chi connectivity index (χ3v) is 7.51. The number of fused-ring (bicyclic) bond motifs is 1. The fourth-order valence-corrected chi connectivity index (χ4v) is 5.40. The van der Waals surface area contributed by atoms with Crippen molar-refractivity contribution in [2.45, 2.75) is 19.5 Å². The number of aromatic amines is 1. The molecule has 0 saturated carbocycles. The lowest BCUT2D eigenvalue weighted by Crippen LogP contribution is -2.49. The Hall–Kier alpha value is -4.50. The van der Waals surface area contributed by atoms with E-state index in [0.29, 0.717) is 17.9 Å². The van der Waals surface area contributed by atoms with E-state index in [0.717, 1.165) is 54.0 Å². The number of nitrogens with zero attached hydrogens (tertiary/aromatic N) is 6. The molecule has 1 unspecified atom stereocenters. The highest BCUT2D eigenvalue weighted by atomic mass is 16.5. The molecule has 1 saturated heterocycles. The van der Waals surface area contributed by atoms with Gasteiger partial charge in [0.05, 0.1) is 19.2 Å². The first-order valence-corrected chi connectivity index (χ1v) is 13.2. The van der Waals surface area contributed by atoms with Crippen LogP contribution in [0.25, 0.3) is 10.9 Å². The molecule has 9 heteroatoms. The smallest absolute Gasteiger partial charge is 0.253 e. The number of benzene rings is 3. The standard InChI is InChI=1S/C30H31N7O2/c1-21-7-6-8-23-19-26(30(38)31-27(21)23)28(36-17-15-35(16-18-36)24-9-4-3-5-10-24)29-32-33-34-37(29)20-22-11-13-25(39-2)14-12-22/h3-14,19,28H,15-18,20H2,1-2H3,(H,31,38). The molecule has 1 N–H and O–H groups in total. The van der Waals surface area contributed by atoms with Gasteiger partial charge in [-0.1, -0.05) is 48.5 Å². The summed E-state index contributed by atoms with van der Waals surface area (Å²) < 4.78 is 7.11. The molecule has 1 fully saturated rings. The van der Waals surface area contributed by atoms with E-state index in [1.807, 2.05) is 61.5 Å². The molecule has 1 aliphatic rings. The molecule has 2 aromatic heterocycles. The Morgan fingerprint density at radius 1 is 0.949 bits per heavy atom. The van der Waals surface area contributed by atoms with Crippen molar-refractivity contribution in [3.8, 4) is 5.75 Å². The number of aromatic nitrogens is 5. The maximum Gasteiger partial charge on any atom is 0.253 e. The van der Waals surface area contributed by atoms with Crippen LogP contribution in [0.15, 0.2) is 83.7 Å². The molecule has 6 rings (SSSR count). The molecule has 39 heavy (non-hydrogen) atoms. The number of anilines is 1. The highest BCUT2D eigenvalue weighted by molar-refractivity contribution is 5.82. The van der Waals surface area contributed by atoms with E-state index in [9.17, 15) is 4.79 Å². The fraction of sp³-hybridized carbons (Fsp3) is 0.267. The number of hydrogen-bond acceptors (Lipinski definition) is 7. The SMILES string of the molecule is COc1ccc(Cn2nnnc2C(c2cc3cccc(C)c3[nH]c2=O)N2CCN(c3ccccc3)CC2)cc1. The second-order valence-corrected chi connectivity index (χ2v) is 9.90. The summed E-state index contributed by atoms with van der Waals surface area (Å²) in [4.78, 5) is 21.4. The van der Waals surface area contributed by atoms with Crippen LogP contribution in [0.5, 0.6) is 5.75 Å². The van der Waals surface area contributed by atoms with Gasteiger partial charge in [0, 0.05) is 37.4 Å². The summed E-state index contributed by atoms with van der Waals surface area (Å²) in [7, 11) is 1.65. The lowest BCUT2D eigenvalue weighted by atomic mass is 10.0. The number of pyridine rings is 1. The zero-order valence-electron chi connectivity index (χ0n) is 22.1. The average molecular weight is 522 g/mol. The van der Waals surface area contributed by atoms with E-state index in [1.54, 1.807) is 11.8 Å². The minimum atomic E-state index is -0.398. The van der Waals surface area contributed by atoms with Gasteiger partial charge in [-0.15, -0.1) is 5.10 Å². The van der Waals surface area contributed by atoms with Crippen LogP contribution in [-0.2, 0) is 6.54 Å². The maximum atomic E-state index is 13.6. The van der Waals surface area contributed by atoms with E-state index < -0.39 is 6.04 Å². The Labute approximate surface area is 226 Å². The zero-order valence-corrected chi connectivity index (χ0v) is 22.1. The van der Waals surface area contributed by atoms with Crippen molar-refractivity contribution in [3.05, 3.63) is 112 Å². The molecule has 1 aliphatic heterocycles. The molecule has 9 nitrogen and oxygen atoms in total. The summed E-state index contributed by atoms with van der Waals surface area (Å²) in [6, 6.07) is 26.0. The normalized spacial score (nSPS) is 15.0. The average Bonchev–Trinajstić information content (AvgIpc) is 3.43. The number of tetrazole rings is 1. The molecule has 0 aliphatic carbocycles. The van der Waals surface area contributed by atoms with Crippen molar-refractivity contribution in [2.75, 3.05) is 38.2 Å². The third kappa shape index (κ3) is 5.00. The van der Waals surface area contributed by atoms with Gasteiger partial charge < -0.3 is 14.6 Å². The predicted octanol–water partition coefficient (Wildman–Crippen LogP) is 3.79. The van der Waals surface area contributed by atoms with Crippen molar-refractivity contribution in [1.82, 2.24) is 30.1 Å². The van der Waals surface area contributed by atoms with Crippen LogP contribution in [0, 0.1) is 6.92 Å². The largest absolute Gasteiger partial charge is 0.497 e. The highest BCUT2D eigenvalue weighted by Crippen LogP contribution is 2.29. The molecule has 1 atom stereocenters. The Bertz CT molecular complexity index is 1620. The molecule has 3 aromatic carbocycles. The number of methoxy groups -OCH3 is 1. The monoisotopic (exact) mass is 521 g/mol. The molecule has 0 amide bonds. The third-order valence-electron chi connectivity index (χ3n) is 7.51. The molecule has 0 spiro atoms. The van der Waals surface area contributed by atoms with Crippen LogP contribution in [0.2, 0.25) is 0 Å². The Morgan fingerprint density at radius 3 is 2.46 bits per heavy atom. The Morgan fingerprint density at radius 2 is 1.72 bits per heavy atom. The lowest BCUT2D eigenvalue weighted by molar-refractivity contribution is 0.200. The van der Waals surface area contributed by atoms with Gasteiger partial charge in [0.25, 0.3) is 5.56 Å². The quantitative estimate of drug-likeness (QED) is 0.348. The van der Waals surface area contributed by atoms with E-state index in [4.69, 9.17) is 4.74 Å². The number of rotatable bonds is 7. The second-order valence-electron chi connectivity index (χ2n) is 9.90. The first-order valence-electron chi connectivity index (χ1n) is 13.2. The molecule has 0 bridgehead atoms. The number of piperazine rings is 1. The first-order chi connectivity index (χ1) is 19.1. The summed E-state index contributed by atoms with van der Waals surface area (Å²) in [6.45, 7) is 5.70. The predicted molar refractivity (Wildman–Crippen MR) is 151 cm³/mol. The Balaban J connectivity index is 1.38. The molecule has 0 radical (unpaired) electrons. The van der Waals surface area contributed by atoms with Crippen molar-refractivity contribution >= 4 is 16.6 Å². The van der Waals surface area contributed by atoms with Crippen LogP contribution in [0.4, 0.5) is 5.69 Å². The molecule has 3 heterocycles. The molecular formula is C30H31N7O2. The minimum absolute atomic E-state index is 0.119. The van der Waals surface area contributed by atoms with Crippen LogP contribution in [-0.4, -0.2) is 63.4 Å². The van der Waals surface area contributed by atoms with Gasteiger partial charge in [0.15, 0.2) is 5.82 Å². The number of aryl methyl sites for hydroxylation is 1. The first kappa shape index (κ1) is 24.8. The lowest BCUT2D eigenvalue weighted by Gasteiger charge is -2.39. The molecule has 5 aromatic rings. The number of hydrogen-bond donors (Lipinski definition) is 1. The maximum absolute atomic E-state index is 13.6. The van der Waals surface area contributed by atoms with Gasteiger partial charge in [-0.05, 0) is 64.2 Å². The second kappa shape index (κ2) is 10.7. The van der Waals surface area contributed by atoms with Gasteiger partial charge in [-0.3, -0.25) is 9.69 Å². The summed E-state index contributed by atoms with van der Waals surface area (Å²) in [5, 5.41) is 13.9. The van der Waals surface area contributed by atoms with Gasteiger partial charge in [0.1, 0.15) is 11.8 Å². The molecular weight excluding hydrogens is 490 g/mol. The van der Waals surface area contributed by atoms with E-state index in [2.05, 4.69) is 54.6 Å². The zero-order chi connectivity index (χ0) is 26.8. The van der Waals surface area contributed by atoms with E-state index in [1.165, 1.54) is 5.69 Å². The van der Waals surface area contributed by atoms with Gasteiger partial charge in [-0.25, -0.2) is 4.68 Å². The van der Waals surface area contributed by atoms with E-state index in [-0.39, 0.29) is 5.56 Å². The van der Waals surface area contributed by atoms with Gasteiger partial charge in [-0.2, -0.15) is 0 Å². The van der Waals surface area contributed by atoms with Crippen molar-refractivity contribution in [1.29, 1.82) is 0 Å². The van der Waals surface area contributed by atoms with Crippen LogP contribution in [0.3, 0.4) is 0 Å². The van der Waals surface area contributed by atoms with Crippen molar-refractivity contribution in [3.63, 3.8) is 0 Å². The summed E-state index contributed by atoms with van der Waals surface area (Å²) >= 11 is 0.